The van der Waals surface area contributed by atoms with E-state index in [2.05, 4.69) is 24.6 Å². The number of hydrogen-bond acceptors (Lipinski definition) is 9. The minimum absolute atomic E-state index is 0.0425. The second kappa shape index (κ2) is 10.6. The van der Waals surface area contributed by atoms with Gasteiger partial charge in [-0.2, -0.15) is 13.5 Å². The molecule has 0 spiro atoms. The standard InChI is InChI=1S/C21H22Cl2N6O5S/c22-14-3-1-2-12(6-14)9-29-5-4-16(28-29)19(31)18-20(23)25-11-26-21(18)27-15-7-13(17(30)8-15)10-34-35(24,32)33/h1-6,11,13,15,17,30H,7-10H2,(H2,24,32,33)(H,25,26,27). The van der Waals surface area contributed by atoms with Gasteiger partial charge in [-0.3, -0.25) is 13.7 Å². The van der Waals surface area contributed by atoms with Crippen molar-refractivity contribution in [2.45, 2.75) is 31.5 Å². The van der Waals surface area contributed by atoms with E-state index in [0.29, 0.717) is 18.0 Å². The van der Waals surface area contributed by atoms with Gasteiger partial charge in [0.15, 0.2) is 0 Å². The second-order valence-corrected chi connectivity index (χ2v) is 10.2. The van der Waals surface area contributed by atoms with Gasteiger partial charge in [0, 0.05) is 23.2 Å². The molecule has 0 bridgehead atoms. The summed E-state index contributed by atoms with van der Waals surface area (Å²) in [6.45, 7) is 0.165. The monoisotopic (exact) mass is 540 g/mol. The van der Waals surface area contributed by atoms with E-state index in [1.165, 1.54) is 6.33 Å². The number of nitrogens with one attached hydrogen (secondary N) is 1. The average Bonchev–Trinajstić information content (AvgIpc) is 3.38. The molecule has 0 aliphatic heterocycles. The first-order valence-corrected chi connectivity index (χ1v) is 12.8. The van der Waals surface area contributed by atoms with Crippen molar-refractivity contribution >= 4 is 45.1 Å². The molecule has 35 heavy (non-hydrogen) atoms. The summed E-state index contributed by atoms with van der Waals surface area (Å²) in [6.07, 6.45) is 2.70. The van der Waals surface area contributed by atoms with Crippen molar-refractivity contribution in [1.82, 2.24) is 19.7 Å². The van der Waals surface area contributed by atoms with Gasteiger partial charge in [0.25, 0.3) is 0 Å². The van der Waals surface area contributed by atoms with Gasteiger partial charge in [-0.15, -0.1) is 0 Å². The molecular weight excluding hydrogens is 519 g/mol. The van der Waals surface area contributed by atoms with Crippen LogP contribution in [-0.4, -0.2) is 57.8 Å². The minimum atomic E-state index is -4.12. The molecular formula is C21H22Cl2N6O5S. The molecule has 2 aromatic heterocycles. The Labute approximate surface area is 211 Å². The molecule has 11 nitrogen and oxygen atoms in total. The smallest absolute Gasteiger partial charge is 0.333 e. The van der Waals surface area contributed by atoms with E-state index in [-0.39, 0.29) is 41.3 Å². The summed E-state index contributed by atoms with van der Waals surface area (Å²) in [5.41, 5.74) is 1.11. The molecule has 1 saturated carbocycles. The molecule has 4 N–H and O–H groups in total. The highest BCUT2D eigenvalue weighted by molar-refractivity contribution is 7.84. The quantitative estimate of drug-likeness (QED) is 0.272. The van der Waals surface area contributed by atoms with Gasteiger partial charge >= 0.3 is 10.3 Å². The fourth-order valence-electron chi connectivity index (χ4n) is 3.97. The third kappa shape index (κ3) is 6.54. The van der Waals surface area contributed by atoms with Gasteiger partial charge in [0.1, 0.15) is 28.6 Å². The number of carbonyl (C=O) groups is 1. The maximum atomic E-state index is 13.3. The number of carbonyl (C=O) groups excluding carboxylic acids is 1. The number of halogens is 2. The van der Waals surface area contributed by atoms with Gasteiger partial charge in [-0.05, 0) is 36.6 Å². The van der Waals surface area contributed by atoms with Crippen molar-refractivity contribution in [3.8, 4) is 0 Å². The van der Waals surface area contributed by atoms with Crippen molar-refractivity contribution in [3.05, 3.63) is 69.9 Å². The molecule has 3 unspecified atom stereocenters. The Morgan fingerprint density at radius 1 is 1.26 bits per heavy atom. The number of anilines is 1. The fraction of sp³-hybridized carbons (Fsp3) is 0.333. The lowest BCUT2D eigenvalue weighted by Gasteiger charge is -2.16. The van der Waals surface area contributed by atoms with Gasteiger partial charge in [-0.25, -0.2) is 15.1 Å². The van der Waals surface area contributed by atoms with Gasteiger partial charge in [0.05, 0.1) is 19.3 Å². The fourth-order valence-corrected chi connectivity index (χ4v) is 4.77. The molecule has 1 aromatic carbocycles. The molecule has 1 aliphatic carbocycles. The Kier molecular flexibility index (Phi) is 7.69. The maximum absolute atomic E-state index is 13.3. The van der Waals surface area contributed by atoms with Crippen LogP contribution in [0.1, 0.15) is 34.5 Å². The SMILES string of the molecule is NS(=O)(=O)OCC1CC(Nc2ncnc(Cl)c2C(=O)c2ccn(Cc3cccc(Cl)c3)n2)CC1O. The Morgan fingerprint density at radius 2 is 2.06 bits per heavy atom. The minimum Gasteiger partial charge on any atom is -0.393 e. The highest BCUT2D eigenvalue weighted by Crippen LogP contribution is 2.31. The molecule has 3 aromatic rings. The number of aromatic nitrogens is 4. The number of rotatable bonds is 9. The topological polar surface area (TPSA) is 162 Å². The summed E-state index contributed by atoms with van der Waals surface area (Å²) < 4.78 is 28.3. The zero-order chi connectivity index (χ0) is 25.2. The van der Waals surface area contributed by atoms with E-state index in [0.717, 1.165) is 5.56 Å². The normalized spacial score (nSPS) is 20.2. The summed E-state index contributed by atoms with van der Waals surface area (Å²) in [4.78, 5) is 21.4. The highest BCUT2D eigenvalue weighted by Gasteiger charge is 2.35. The van der Waals surface area contributed by atoms with E-state index in [1.54, 1.807) is 23.0 Å². The molecule has 2 heterocycles. The van der Waals surface area contributed by atoms with E-state index in [1.807, 2.05) is 18.2 Å². The van der Waals surface area contributed by atoms with Crippen LogP contribution >= 0.6 is 23.2 Å². The molecule has 1 aliphatic rings. The molecule has 3 atom stereocenters. The summed E-state index contributed by atoms with van der Waals surface area (Å²) in [5.74, 6) is -0.760. The van der Waals surface area contributed by atoms with Crippen LogP contribution in [0.3, 0.4) is 0 Å². The lowest BCUT2D eigenvalue weighted by atomic mass is 10.1. The van der Waals surface area contributed by atoms with Crippen LogP contribution in [0.15, 0.2) is 42.9 Å². The number of aliphatic hydroxyl groups excluding tert-OH is 1. The van der Waals surface area contributed by atoms with Crippen LogP contribution in [0.25, 0.3) is 0 Å². The molecule has 186 valence electrons. The van der Waals surface area contributed by atoms with Crippen molar-refractivity contribution in [3.63, 3.8) is 0 Å². The predicted octanol–water partition coefficient (Wildman–Crippen LogP) is 2.03. The first-order chi connectivity index (χ1) is 16.6. The average molecular weight is 541 g/mol. The number of ketones is 1. The lowest BCUT2D eigenvalue weighted by molar-refractivity contribution is 0.101. The Bertz CT molecular complexity index is 1340. The number of aliphatic hydroxyl groups is 1. The predicted molar refractivity (Wildman–Crippen MR) is 128 cm³/mol. The summed E-state index contributed by atoms with van der Waals surface area (Å²) in [7, 11) is -4.12. The van der Waals surface area contributed by atoms with Crippen LogP contribution < -0.4 is 10.5 Å². The number of hydrogen-bond donors (Lipinski definition) is 3. The summed E-state index contributed by atoms with van der Waals surface area (Å²) >= 11 is 12.3. The first-order valence-electron chi connectivity index (χ1n) is 10.5. The lowest BCUT2D eigenvalue weighted by Crippen LogP contribution is -2.24. The second-order valence-electron chi connectivity index (χ2n) is 8.16. The third-order valence-electron chi connectivity index (χ3n) is 5.58. The molecule has 0 radical (unpaired) electrons. The molecule has 0 saturated heterocycles. The van der Waals surface area contributed by atoms with E-state index < -0.39 is 28.1 Å². The maximum Gasteiger partial charge on any atom is 0.333 e. The molecule has 14 heteroatoms. The first kappa shape index (κ1) is 25.5. The van der Waals surface area contributed by atoms with Crippen LogP contribution in [0, 0.1) is 5.92 Å². The van der Waals surface area contributed by atoms with Crippen molar-refractivity contribution < 1.29 is 22.5 Å². The van der Waals surface area contributed by atoms with Gasteiger partial charge in [0.2, 0.25) is 5.78 Å². The molecule has 0 amide bonds. The van der Waals surface area contributed by atoms with Crippen LogP contribution in [0.2, 0.25) is 10.2 Å². The van der Waals surface area contributed by atoms with E-state index >= 15 is 0 Å². The van der Waals surface area contributed by atoms with Crippen molar-refractivity contribution in [2.24, 2.45) is 11.1 Å². The van der Waals surface area contributed by atoms with E-state index in [4.69, 9.17) is 28.3 Å². The van der Waals surface area contributed by atoms with Crippen molar-refractivity contribution in [1.29, 1.82) is 0 Å². The third-order valence-corrected chi connectivity index (χ3v) is 6.57. The zero-order valence-corrected chi connectivity index (χ0v) is 20.5. The Balaban J connectivity index is 1.49. The largest absolute Gasteiger partial charge is 0.393 e. The van der Waals surface area contributed by atoms with Crippen molar-refractivity contribution in [2.75, 3.05) is 11.9 Å². The zero-order valence-electron chi connectivity index (χ0n) is 18.2. The number of nitrogens with two attached hydrogens (primary N) is 1. The van der Waals surface area contributed by atoms with Gasteiger partial charge < -0.3 is 10.4 Å². The molecule has 4 rings (SSSR count). The highest BCUT2D eigenvalue weighted by atomic mass is 35.5. The Hall–Kier alpha value is -2.61. The number of benzene rings is 1. The van der Waals surface area contributed by atoms with Crippen LogP contribution in [-0.2, 0) is 21.0 Å². The van der Waals surface area contributed by atoms with E-state index in [9.17, 15) is 18.3 Å². The molecule has 1 fully saturated rings. The Morgan fingerprint density at radius 3 is 2.80 bits per heavy atom. The van der Waals surface area contributed by atoms with Crippen LogP contribution in [0.5, 0.6) is 0 Å². The summed E-state index contributed by atoms with van der Waals surface area (Å²) in [5, 5.41) is 23.2. The number of nitrogens with zero attached hydrogens (tertiary/aromatic N) is 4. The van der Waals surface area contributed by atoms with Crippen LogP contribution in [0.4, 0.5) is 5.82 Å². The summed E-state index contributed by atoms with van der Waals surface area (Å²) in [6, 6.07) is 8.56. The van der Waals surface area contributed by atoms with Gasteiger partial charge in [-0.1, -0.05) is 35.3 Å².